The first-order chi connectivity index (χ1) is 10.6. The van der Waals surface area contributed by atoms with Gasteiger partial charge in [-0.1, -0.05) is 0 Å². The Morgan fingerprint density at radius 2 is 2.09 bits per heavy atom. The molecule has 0 atom stereocenters. The van der Waals surface area contributed by atoms with Crippen molar-refractivity contribution in [3.63, 3.8) is 0 Å². The molecule has 0 N–H and O–H groups in total. The Labute approximate surface area is 130 Å². The number of benzene rings is 1. The number of nitrogens with zero attached hydrogens (tertiary/aromatic N) is 3. The molecule has 0 aliphatic carbocycles. The van der Waals surface area contributed by atoms with Crippen molar-refractivity contribution in [3.05, 3.63) is 51.1 Å². The maximum absolute atomic E-state index is 11.0. The molecule has 3 rings (SSSR count). The molecule has 6 nitrogen and oxygen atoms in total. The van der Waals surface area contributed by atoms with Crippen molar-refractivity contribution in [2.75, 3.05) is 7.11 Å². The zero-order valence-electron chi connectivity index (χ0n) is 12.1. The molecule has 2 aromatic heterocycles. The summed E-state index contributed by atoms with van der Waals surface area (Å²) in [5.74, 6) is 0.560. The molecule has 7 heteroatoms. The summed E-state index contributed by atoms with van der Waals surface area (Å²) in [4.78, 5) is 21.6. The first-order valence-electron chi connectivity index (χ1n) is 6.59. The van der Waals surface area contributed by atoms with E-state index >= 15 is 0 Å². The van der Waals surface area contributed by atoms with E-state index in [2.05, 4.69) is 9.97 Å². The molecule has 0 fully saturated rings. The standard InChI is InChI=1S/C15H13N3O3S/c1-9-3-6-13(22-9)15-11-7-10(18(19)20)4-5-12(11)16-14(17-15)8-21-2/h3-7H,8H2,1-2H3. The number of thiophene rings is 1. The Hall–Kier alpha value is -2.38. The summed E-state index contributed by atoms with van der Waals surface area (Å²) in [6.07, 6.45) is 0. The molecular formula is C15H13N3O3S. The Morgan fingerprint density at radius 3 is 2.73 bits per heavy atom. The van der Waals surface area contributed by atoms with Gasteiger partial charge >= 0.3 is 0 Å². The maximum atomic E-state index is 11.0. The van der Waals surface area contributed by atoms with Crippen molar-refractivity contribution in [1.29, 1.82) is 0 Å². The van der Waals surface area contributed by atoms with E-state index in [4.69, 9.17) is 4.74 Å². The van der Waals surface area contributed by atoms with Gasteiger partial charge in [-0.3, -0.25) is 10.1 Å². The van der Waals surface area contributed by atoms with Gasteiger partial charge in [-0.2, -0.15) is 0 Å². The summed E-state index contributed by atoms with van der Waals surface area (Å²) in [5, 5.41) is 11.7. The molecule has 0 amide bonds. The number of aromatic nitrogens is 2. The molecule has 0 aliphatic rings. The van der Waals surface area contributed by atoms with Crippen molar-refractivity contribution in [2.24, 2.45) is 0 Å². The van der Waals surface area contributed by atoms with Gasteiger partial charge in [0.25, 0.3) is 5.69 Å². The molecule has 2 heterocycles. The molecule has 0 spiro atoms. The lowest BCUT2D eigenvalue weighted by atomic mass is 10.1. The zero-order chi connectivity index (χ0) is 15.7. The molecule has 112 valence electrons. The van der Waals surface area contributed by atoms with Gasteiger partial charge in [0, 0.05) is 29.5 Å². The molecule has 0 radical (unpaired) electrons. The van der Waals surface area contributed by atoms with E-state index in [1.165, 1.54) is 12.1 Å². The summed E-state index contributed by atoms with van der Waals surface area (Å²) in [6, 6.07) is 8.60. The Kier molecular flexibility index (Phi) is 3.82. The van der Waals surface area contributed by atoms with Crippen LogP contribution in [0.2, 0.25) is 0 Å². The number of methoxy groups -OCH3 is 1. The summed E-state index contributed by atoms with van der Waals surface area (Å²) in [6.45, 7) is 2.31. The normalized spacial score (nSPS) is 11.0. The minimum atomic E-state index is -0.411. The first kappa shape index (κ1) is 14.6. The van der Waals surface area contributed by atoms with Gasteiger partial charge in [-0.25, -0.2) is 9.97 Å². The van der Waals surface area contributed by atoms with E-state index in [-0.39, 0.29) is 5.69 Å². The van der Waals surface area contributed by atoms with Gasteiger partial charge in [0.05, 0.1) is 21.0 Å². The van der Waals surface area contributed by atoms with Crippen LogP contribution in [0.5, 0.6) is 0 Å². The molecule has 0 bridgehead atoms. The lowest BCUT2D eigenvalue weighted by Gasteiger charge is -2.07. The predicted molar refractivity (Wildman–Crippen MR) is 85.0 cm³/mol. The van der Waals surface area contributed by atoms with Crippen molar-refractivity contribution in [2.45, 2.75) is 13.5 Å². The van der Waals surface area contributed by atoms with Crippen molar-refractivity contribution in [1.82, 2.24) is 9.97 Å². The van der Waals surface area contributed by atoms with E-state index in [1.807, 2.05) is 19.1 Å². The number of nitro groups is 1. The van der Waals surface area contributed by atoms with Gasteiger partial charge in [-0.15, -0.1) is 11.3 Å². The third-order valence-corrected chi connectivity index (χ3v) is 4.19. The fraction of sp³-hybridized carbons (Fsp3) is 0.200. The van der Waals surface area contributed by atoms with E-state index in [0.717, 1.165) is 9.75 Å². The topological polar surface area (TPSA) is 78.2 Å². The van der Waals surface area contributed by atoms with E-state index in [9.17, 15) is 10.1 Å². The minimum absolute atomic E-state index is 0.0325. The fourth-order valence-electron chi connectivity index (χ4n) is 2.22. The van der Waals surface area contributed by atoms with Gasteiger partial charge in [0.1, 0.15) is 6.61 Å². The second kappa shape index (κ2) is 5.78. The average Bonchev–Trinajstić information content (AvgIpc) is 2.92. The zero-order valence-corrected chi connectivity index (χ0v) is 12.9. The van der Waals surface area contributed by atoms with Crippen LogP contribution in [0, 0.1) is 17.0 Å². The largest absolute Gasteiger partial charge is 0.377 e. The molecular weight excluding hydrogens is 302 g/mol. The number of aryl methyl sites for hydroxylation is 1. The van der Waals surface area contributed by atoms with Crippen LogP contribution in [-0.4, -0.2) is 22.0 Å². The van der Waals surface area contributed by atoms with Crippen LogP contribution in [0.25, 0.3) is 21.5 Å². The van der Waals surface area contributed by atoms with Crippen molar-refractivity contribution >= 4 is 27.9 Å². The quantitative estimate of drug-likeness (QED) is 0.541. The van der Waals surface area contributed by atoms with Crippen LogP contribution in [-0.2, 0) is 11.3 Å². The maximum Gasteiger partial charge on any atom is 0.270 e. The number of hydrogen-bond acceptors (Lipinski definition) is 6. The summed E-state index contributed by atoms with van der Waals surface area (Å²) in [5.41, 5.74) is 1.41. The molecule has 3 aromatic rings. The van der Waals surface area contributed by atoms with Gasteiger partial charge in [0.15, 0.2) is 5.82 Å². The highest BCUT2D eigenvalue weighted by Gasteiger charge is 2.15. The lowest BCUT2D eigenvalue weighted by molar-refractivity contribution is -0.384. The van der Waals surface area contributed by atoms with Crippen LogP contribution in [0.15, 0.2) is 30.3 Å². The number of non-ortho nitro benzene ring substituents is 1. The smallest absolute Gasteiger partial charge is 0.270 e. The molecule has 0 saturated carbocycles. The van der Waals surface area contributed by atoms with Crippen LogP contribution in [0.1, 0.15) is 10.7 Å². The fourth-order valence-corrected chi connectivity index (χ4v) is 3.09. The summed E-state index contributed by atoms with van der Waals surface area (Å²) >= 11 is 1.60. The summed E-state index contributed by atoms with van der Waals surface area (Å²) < 4.78 is 5.11. The monoisotopic (exact) mass is 315 g/mol. The van der Waals surface area contributed by atoms with Gasteiger partial charge in [-0.05, 0) is 25.1 Å². The predicted octanol–water partition coefficient (Wildman–Crippen LogP) is 3.72. The Morgan fingerprint density at radius 1 is 1.27 bits per heavy atom. The SMILES string of the molecule is COCc1nc(-c2ccc(C)s2)c2cc([N+](=O)[O-])ccc2n1. The van der Waals surface area contributed by atoms with E-state index < -0.39 is 4.92 Å². The third-order valence-electron chi connectivity index (χ3n) is 3.18. The average molecular weight is 315 g/mol. The van der Waals surface area contributed by atoms with Gasteiger partial charge < -0.3 is 4.74 Å². The van der Waals surface area contributed by atoms with Crippen molar-refractivity contribution in [3.8, 4) is 10.6 Å². The highest BCUT2D eigenvalue weighted by molar-refractivity contribution is 7.15. The van der Waals surface area contributed by atoms with Crippen LogP contribution in [0.3, 0.4) is 0 Å². The minimum Gasteiger partial charge on any atom is -0.377 e. The highest BCUT2D eigenvalue weighted by atomic mass is 32.1. The summed E-state index contributed by atoms with van der Waals surface area (Å²) in [7, 11) is 1.58. The lowest BCUT2D eigenvalue weighted by Crippen LogP contribution is -2.00. The molecule has 0 unspecified atom stereocenters. The number of hydrogen-bond donors (Lipinski definition) is 0. The number of fused-ring (bicyclic) bond motifs is 1. The Bertz CT molecular complexity index is 860. The van der Waals surface area contributed by atoms with Crippen LogP contribution >= 0.6 is 11.3 Å². The van der Waals surface area contributed by atoms with Gasteiger partial charge in [0.2, 0.25) is 0 Å². The second-order valence-corrected chi connectivity index (χ2v) is 6.08. The number of rotatable bonds is 4. The number of nitro benzene ring substituents is 1. The van der Waals surface area contributed by atoms with E-state index in [1.54, 1.807) is 24.5 Å². The molecule has 0 aliphatic heterocycles. The Balaban J connectivity index is 2.28. The molecule has 0 saturated heterocycles. The first-order valence-corrected chi connectivity index (χ1v) is 7.41. The van der Waals surface area contributed by atoms with Crippen molar-refractivity contribution < 1.29 is 9.66 Å². The molecule has 1 aromatic carbocycles. The van der Waals surface area contributed by atoms with Crippen LogP contribution in [0.4, 0.5) is 5.69 Å². The van der Waals surface area contributed by atoms with E-state index in [0.29, 0.717) is 29.0 Å². The number of ether oxygens (including phenoxy) is 1. The van der Waals surface area contributed by atoms with Crippen LogP contribution < -0.4 is 0 Å². The highest BCUT2D eigenvalue weighted by Crippen LogP contribution is 2.33. The molecule has 22 heavy (non-hydrogen) atoms. The third kappa shape index (κ3) is 2.68. The second-order valence-electron chi connectivity index (χ2n) is 4.79.